The Balaban J connectivity index is 0.00000341. The fourth-order valence-electron chi connectivity index (χ4n) is 2.85. The molecule has 1 amide bonds. The van der Waals surface area contributed by atoms with Crippen molar-refractivity contribution in [2.75, 3.05) is 27.3 Å². The summed E-state index contributed by atoms with van der Waals surface area (Å²) in [5, 5.41) is 9.16. The topological polar surface area (TPSA) is 84.0 Å². The van der Waals surface area contributed by atoms with Gasteiger partial charge in [-0.1, -0.05) is 30.3 Å². The van der Waals surface area contributed by atoms with Gasteiger partial charge in [-0.3, -0.25) is 9.79 Å². The minimum Gasteiger partial charge on any atom is -0.497 e. The van der Waals surface area contributed by atoms with Crippen LogP contribution in [-0.2, 0) is 17.9 Å². The van der Waals surface area contributed by atoms with Crippen LogP contribution in [0.2, 0.25) is 0 Å². The van der Waals surface area contributed by atoms with Crippen molar-refractivity contribution in [3.8, 4) is 11.5 Å². The number of amides is 1. The van der Waals surface area contributed by atoms with Gasteiger partial charge in [0.05, 0.1) is 20.3 Å². The molecule has 1 saturated carbocycles. The highest BCUT2D eigenvalue weighted by atomic mass is 127. The molecule has 3 rings (SSSR count). The van der Waals surface area contributed by atoms with Gasteiger partial charge in [0.2, 0.25) is 5.91 Å². The SMILES string of the molecule is CN=C(NCC(=O)NCc1ccc(OC)cc1)NCc1ccccc1OCC1CC1.I. The zero-order valence-corrected chi connectivity index (χ0v) is 20.3. The largest absolute Gasteiger partial charge is 0.497 e. The monoisotopic (exact) mass is 538 g/mol. The van der Waals surface area contributed by atoms with Crippen molar-refractivity contribution in [3.05, 3.63) is 59.7 Å². The zero-order chi connectivity index (χ0) is 21.2. The van der Waals surface area contributed by atoms with Gasteiger partial charge in [-0.05, 0) is 42.5 Å². The van der Waals surface area contributed by atoms with Crippen LogP contribution in [0.3, 0.4) is 0 Å². The van der Waals surface area contributed by atoms with E-state index in [0.29, 0.717) is 25.0 Å². The fraction of sp³-hybridized carbons (Fsp3) is 0.391. The zero-order valence-electron chi connectivity index (χ0n) is 18.0. The molecular weight excluding hydrogens is 507 g/mol. The minimum atomic E-state index is -0.109. The van der Waals surface area contributed by atoms with Gasteiger partial charge in [-0.15, -0.1) is 24.0 Å². The molecule has 0 spiro atoms. The van der Waals surface area contributed by atoms with Crippen molar-refractivity contribution in [3.63, 3.8) is 0 Å². The molecule has 0 bridgehead atoms. The standard InChI is InChI=1S/C23H30N4O3.HI/c1-24-23(26-14-19-5-3-4-6-21(19)30-16-18-7-8-18)27-15-22(28)25-13-17-9-11-20(29-2)12-10-17;/h3-6,9-12,18H,7-8,13-16H2,1-2H3,(H,25,28)(H2,24,26,27);1H. The molecule has 8 heteroatoms. The smallest absolute Gasteiger partial charge is 0.239 e. The first-order chi connectivity index (χ1) is 14.7. The summed E-state index contributed by atoms with van der Waals surface area (Å²) in [5.74, 6) is 2.84. The normalized spacial score (nSPS) is 13.0. The summed E-state index contributed by atoms with van der Waals surface area (Å²) in [4.78, 5) is 16.3. The molecular formula is C23H31IN4O3. The average Bonchev–Trinajstić information content (AvgIpc) is 3.62. The van der Waals surface area contributed by atoms with Gasteiger partial charge in [0.1, 0.15) is 11.5 Å². The molecule has 168 valence electrons. The lowest BCUT2D eigenvalue weighted by molar-refractivity contribution is -0.120. The number of carbonyl (C=O) groups excluding carboxylic acids is 1. The predicted molar refractivity (Wildman–Crippen MR) is 133 cm³/mol. The maximum absolute atomic E-state index is 12.1. The number of nitrogens with one attached hydrogen (secondary N) is 3. The lowest BCUT2D eigenvalue weighted by Crippen LogP contribution is -2.42. The number of nitrogens with zero attached hydrogens (tertiary/aromatic N) is 1. The van der Waals surface area contributed by atoms with E-state index in [4.69, 9.17) is 9.47 Å². The fourth-order valence-corrected chi connectivity index (χ4v) is 2.85. The Labute approximate surface area is 201 Å². The summed E-state index contributed by atoms with van der Waals surface area (Å²) in [7, 11) is 3.31. The molecule has 1 fully saturated rings. The Kier molecular flexibility index (Phi) is 10.4. The number of guanidine groups is 1. The first-order valence-electron chi connectivity index (χ1n) is 10.2. The summed E-state index contributed by atoms with van der Waals surface area (Å²) in [5.41, 5.74) is 2.07. The van der Waals surface area contributed by atoms with Crippen molar-refractivity contribution in [2.24, 2.45) is 10.9 Å². The van der Waals surface area contributed by atoms with E-state index >= 15 is 0 Å². The third-order valence-corrected chi connectivity index (χ3v) is 4.88. The van der Waals surface area contributed by atoms with Gasteiger partial charge >= 0.3 is 0 Å². The summed E-state index contributed by atoms with van der Waals surface area (Å²) in [6.45, 7) is 1.93. The van der Waals surface area contributed by atoms with E-state index in [-0.39, 0.29) is 36.4 Å². The number of ether oxygens (including phenoxy) is 2. The second-order valence-corrected chi connectivity index (χ2v) is 7.27. The van der Waals surface area contributed by atoms with Crippen molar-refractivity contribution in [1.29, 1.82) is 0 Å². The quantitative estimate of drug-likeness (QED) is 0.246. The van der Waals surface area contributed by atoms with Crippen LogP contribution >= 0.6 is 24.0 Å². The molecule has 3 N–H and O–H groups in total. The van der Waals surface area contributed by atoms with E-state index in [1.807, 2.05) is 48.5 Å². The highest BCUT2D eigenvalue weighted by Crippen LogP contribution is 2.30. The van der Waals surface area contributed by atoms with Gasteiger partial charge in [0, 0.05) is 25.7 Å². The van der Waals surface area contributed by atoms with E-state index in [0.717, 1.165) is 29.2 Å². The van der Waals surface area contributed by atoms with E-state index < -0.39 is 0 Å². The average molecular weight is 538 g/mol. The van der Waals surface area contributed by atoms with Crippen LogP contribution in [0.1, 0.15) is 24.0 Å². The Hall–Kier alpha value is -2.49. The third-order valence-electron chi connectivity index (χ3n) is 4.88. The number of carbonyl (C=O) groups is 1. The molecule has 2 aromatic rings. The van der Waals surface area contributed by atoms with Crippen molar-refractivity contribution in [1.82, 2.24) is 16.0 Å². The molecule has 1 aliphatic carbocycles. The number of benzene rings is 2. The van der Waals surface area contributed by atoms with Crippen molar-refractivity contribution < 1.29 is 14.3 Å². The Morgan fingerprint density at radius 3 is 2.45 bits per heavy atom. The summed E-state index contributed by atoms with van der Waals surface area (Å²) in [6.07, 6.45) is 2.52. The molecule has 0 radical (unpaired) electrons. The molecule has 0 atom stereocenters. The summed E-state index contributed by atoms with van der Waals surface area (Å²) in [6, 6.07) is 15.6. The lowest BCUT2D eigenvalue weighted by atomic mass is 10.2. The number of rotatable bonds is 10. The van der Waals surface area contributed by atoms with Crippen LogP contribution in [0.5, 0.6) is 11.5 Å². The highest BCUT2D eigenvalue weighted by molar-refractivity contribution is 14.0. The number of hydrogen-bond acceptors (Lipinski definition) is 4. The van der Waals surface area contributed by atoms with Crippen LogP contribution in [-0.4, -0.2) is 39.2 Å². The molecule has 2 aromatic carbocycles. The molecule has 0 saturated heterocycles. The van der Waals surface area contributed by atoms with E-state index in [1.54, 1.807) is 14.2 Å². The van der Waals surface area contributed by atoms with Gasteiger partial charge in [-0.2, -0.15) is 0 Å². The van der Waals surface area contributed by atoms with Crippen LogP contribution in [0.25, 0.3) is 0 Å². The number of methoxy groups -OCH3 is 1. The maximum Gasteiger partial charge on any atom is 0.239 e. The van der Waals surface area contributed by atoms with Crippen LogP contribution < -0.4 is 25.4 Å². The van der Waals surface area contributed by atoms with Crippen LogP contribution in [0, 0.1) is 5.92 Å². The summed E-state index contributed by atoms with van der Waals surface area (Å²) >= 11 is 0. The molecule has 7 nitrogen and oxygen atoms in total. The number of para-hydroxylation sites is 1. The predicted octanol–water partition coefficient (Wildman–Crippen LogP) is 3.08. The third kappa shape index (κ3) is 8.64. The second kappa shape index (κ2) is 13.0. The number of hydrogen-bond donors (Lipinski definition) is 3. The second-order valence-electron chi connectivity index (χ2n) is 7.27. The van der Waals surface area contributed by atoms with Gasteiger partial charge in [-0.25, -0.2) is 0 Å². The Morgan fingerprint density at radius 1 is 1.03 bits per heavy atom. The van der Waals surface area contributed by atoms with Gasteiger partial charge in [0.25, 0.3) is 0 Å². The van der Waals surface area contributed by atoms with Gasteiger partial charge < -0.3 is 25.4 Å². The van der Waals surface area contributed by atoms with Crippen LogP contribution in [0.4, 0.5) is 0 Å². The number of aliphatic imine (C=N–C) groups is 1. The first kappa shape index (κ1) is 24.8. The van der Waals surface area contributed by atoms with E-state index in [9.17, 15) is 4.79 Å². The highest BCUT2D eigenvalue weighted by Gasteiger charge is 2.22. The molecule has 0 aliphatic heterocycles. The minimum absolute atomic E-state index is 0. The van der Waals surface area contributed by atoms with Crippen molar-refractivity contribution >= 4 is 35.8 Å². The molecule has 31 heavy (non-hydrogen) atoms. The molecule has 0 heterocycles. The number of halogens is 1. The molecule has 1 aliphatic rings. The Morgan fingerprint density at radius 2 is 1.77 bits per heavy atom. The maximum atomic E-state index is 12.1. The molecule has 0 aromatic heterocycles. The van der Waals surface area contributed by atoms with E-state index in [1.165, 1.54) is 12.8 Å². The molecule has 0 unspecified atom stereocenters. The lowest BCUT2D eigenvalue weighted by Gasteiger charge is -2.15. The first-order valence-corrected chi connectivity index (χ1v) is 10.2. The Bertz CT molecular complexity index is 854. The van der Waals surface area contributed by atoms with Crippen LogP contribution in [0.15, 0.2) is 53.5 Å². The van der Waals surface area contributed by atoms with E-state index in [2.05, 4.69) is 20.9 Å². The summed E-state index contributed by atoms with van der Waals surface area (Å²) < 4.78 is 11.1. The van der Waals surface area contributed by atoms with Gasteiger partial charge in [0.15, 0.2) is 5.96 Å². The van der Waals surface area contributed by atoms with Crippen molar-refractivity contribution in [2.45, 2.75) is 25.9 Å².